The average Bonchev–Trinajstić information content (AvgIpc) is 3.02. The number of dihydropyridines is 1. The van der Waals surface area contributed by atoms with Gasteiger partial charge in [0.25, 0.3) is 0 Å². The minimum atomic E-state index is -0.347. The molecule has 0 spiro atoms. The second kappa shape index (κ2) is 7.18. The maximum atomic E-state index is 13.2. The van der Waals surface area contributed by atoms with Gasteiger partial charge in [-0.15, -0.1) is 11.3 Å². The van der Waals surface area contributed by atoms with Crippen LogP contribution in [0.4, 0.5) is 0 Å². The number of Topliss-reactive ketones (excluding diaryl/α,β-unsaturated/α-hetero) is 1. The topological polar surface area (TPSA) is 55.4 Å². The van der Waals surface area contributed by atoms with Gasteiger partial charge in [0.15, 0.2) is 5.78 Å². The molecule has 3 rings (SSSR count). The number of hydrogen-bond donors (Lipinski definition) is 1. The molecule has 4 nitrogen and oxygen atoms in total. The summed E-state index contributed by atoms with van der Waals surface area (Å²) in [5, 5.41) is 3.37. The third kappa shape index (κ3) is 3.82. The van der Waals surface area contributed by atoms with E-state index in [1.165, 1.54) is 4.88 Å². The third-order valence-electron chi connectivity index (χ3n) is 5.39. The van der Waals surface area contributed by atoms with E-state index < -0.39 is 0 Å². The molecule has 5 heteroatoms. The molecule has 1 aromatic rings. The van der Waals surface area contributed by atoms with Crippen molar-refractivity contribution in [2.24, 2.45) is 5.41 Å². The van der Waals surface area contributed by atoms with Crippen molar-refractivity contribution in [3.05, 3.63) is 44.4 Å². The smallest absolute Gasteiger partial charge is 0.336 e. The van der Waals surface area contributed by atoms with Gasteiger partial charge >= 0.3 is 5.97 Å². The lowest BCUT2D eigenvalue weighted by atomic mass is 9.70. The minimum Gasteiger partial charge on any atom is -0.463 e. The van der Waals surface area contributed by atoms with E-state index in [0.717, 1.165) is 28.3 Å². The van der Waals surface area contributed by atoms with E-state index in [0.29, 0.717) is 18.6 Å². The Hall–Kier alpha value is -1.88. The molecule has 28 heavy (non-hydrogen) atoms. The molecule has 1 N–H and O–H groups in total. The highest BCUT2D eigenvalue weighted by Gasteiger charge is 2.43. The molecular formula is C23H31NO3S. The van der Waals surface area contributed by atoms with Crippen molar-refractivity contribution in [1.29, 1.82) is 0 Å². The predicted molar refractivity (Wildman–Crippen MR) is 113 cm³/mol. The van der Waals surface area contributed by atoms with Gasteiger partial charge in [-0.25, -0.2) is 4.79 Å². The normalized spacial score (nSPS) is 22.1. The van der Waals surface area contributed by atoms with Crippen molar-refractivity contribution >= 4 is 23.1 Å². The molecule has 0 fully saturated rings. The summed E-state index contributed by atoms with van der Waals surface area (Å²) in [4.78, 5) is 28.3. The van der Waals surface area contributed by atoms with Gasteiger partial charge in [0.1, 0.15) is 0 Å². The number of rotatable bonds is 3. The summed E-state index contributed by atoms with van der Waals surface area (Å²) in [6.07, 6.45) is 1.30. The van der Waals surface area contributed by atoms with Crippen LogP contribution in [0, 0.1) is 5.41 Å². The fraction of sp³-hybridized carbons (Fsp3) is 0.565. The lowest BCUT2D eigenvalue weighted by molar-refractivity contribution is -0.138. The zero-order chi connectivity index (χ0) is 20.9. The summed E-state index contributed by atoms with van der Waals surface area (Å²) >= 11 is 1.69. The number of ketones is 1. The van der Waals surface area contributed by atoms with Crippen molar-refractivity contribution < 1.29 is 14.3 Å². The monoisotopic (exact) mass is 401 g/mol. The lowest BCUT2D eigenvalue weighted by Gasteiger charge is -2.39. The molecule has 1 aliphatic carbocycles. The van der Waals surface area contributed by atoms with Gasteiger partial charge in [0.05, 0.1) is 18.1 Å². The Morgan fingerprint density at radius 1 is 1.29 bits per heavy atom. The maximum absolute atomic E-state index is 13.2. The molecule has 1 atom stereocenters. The number of nitrogens with one attached hydrogen (secondary N) is 1. The van der Waals surface area contributed by atoms with E-state index in [4.69, 9.17) is 4.74 Å². The largest absolute Gasteiger partial charge is 0.463 e. The van der Waals surface area contributed by atoms with Crippen molar-refractivity contribution in [1.82, 2.24) is 5.32 Å². The molecule has 2 aliphatic rings. The van der Waals surface area contributed by atoms with Gasteiger partial charge in [-0.2, -0.15) is 0 Å². The SMILES string of the molecule is CCOC(=O)C1=C(C)NC2=C(C(=O)CC(C)(C)C2)C1c1ccc(C(C)(C)C)s1. The quantitative estimate of drug-likeness (QED) is 0.706. The number of allylic oxidation sites excluding steroid dienone is 3. The second-order valence-electron chi connectivity index (χ2n) is 9.60. The Balaban J connectivity index is 2.17. The van der Waals surface area contributed by atoms with Crippen molar-refractivity contribution in [2.75, 3.05) is 6.61 Å². The summed E-state index contributed by atoms with van der Waals surface area (Å²) < 4.78 is 5.37. The average molecular weight is 402 g/mol. The molecule has 0 bridgehead atoms. The van der Waals surface area contributed by atoms with Crippen LogP contribution < -0.4 is 5.32 Å². The molecule has 0 saturated carbocycles. The molecule has 0 radical (unpaired) electrons. The first-order chi connectivity index (χ1) is 12.9. The van der Waals surface area contributed by atoms with E-state index in [1.807, 2.05) is 6.92 Å². The summed E-state index contributed by atoms with van der Waals surface area (Å²) in [5.41, 5.74) is 3.00. The van der Waals surface area contributed by atoms with Crippen molar-refractivity contribution in [3.63, 3.8) is 0 Å². The van der Waals surface area contributed by atoms with Gasteiger partial charge in [0, 0.05) is 33.1 Å². The van der Waals surface area contributed by atoms with Gasteiger partial charge in [-0.3, -0.25) is 4.79 Å². The Kier molecular flexibility index (Phi) is 5.34. The third-order valence-corrected chi connectivity index (χ3v) is 6.96. The van der Waals surface area contributed by atoms with Crippen LogP contribution in [0.1, 0.15) is 77.0 Å². The summed E-state index contributed by atoms with van der Waals surface area (Å²) in [6, 6.07) is 4.20. The van der Waals surface area contributed by atoms with Crippen molar-refractivity contribution in [2.45, 2.75) is 72.6 Å². The molecular weight excluding hydrogens is 370 g/mol. The number of carbonyl (C=O) groups is 2. The molecule has 0 amide bonds. The van der Waals surface area contributed by atoms with Crippen LogP contribution in [0.2, 0.25) is 0 Å². The highest BCUT2D eigenvalue weighted by molar-refractivity contribution is 7.12. The zero-order valence-electron chi connectivity index (χ0n) is 18.0. The maximum Gasteiger partial charge on any atom is 0.336 e. The number of esters is 1. The number of ether oxygens (including phenoxy) is 1. The van der Waals surface area contributed by atoms with Gasteiger partial charge in [-0.05, 0) is 43.2 Å². The van der Waals surface area contributed by atoms with Crippen LogP contribution >= 0.6 is 11.3 Å². The van der Waals surface area contributed by atoms with E-state index in [1.54, 1.807) is 18.3 Å². The highest BCUT2D eigenvalue weighted by Crippen LogP contribution is 2.48. The first-order valence-corrected chi connectivity index (χ1v) is 10.8. The molecule has 1 aromatic heterocycles. The minimum absolute atomic E-state index is 0.0223. The van der Waals surface area contributed by atoms with Crippen LogP contribution in [0.3, 0.4) is 0 Å². The Morgan fingerprint density at radius 2 is 1.96 bits per heavy atom. The fourth-order valence-electron chi connectivity index (χ4n) is 4.11. The van der Waals surface area contributed by atoms with Gasteiger partial charge < -0.3 is 10.1 Å². The van der Waals surface area contributed by atoms with E-state index in [-0.39, 0.29) is 28.5 Å². The van der Waals surface area contributed by atoms with Crippen LogP contribution in [0.25, 0.3) is 0 Å². The molecule has 0 saturated heterocycles. The Bertz CT molecular complexity index is 880. The summed E-state index contributed by atoms with van der Waals surface area (Å²) in [7, 11) is 0. The zero-order valence-corrected chi connectivity index (χ0v) is 18.8. The van der Waals surface area contributed by atoms with E-state index >= 15 is 0 Å². The first-order valence-electron chi connectivity index (χ1n) is 9.96. The lowest BCUT2D eigenvalue weighted by Crippen LogP contribution is -2.38. The number of thiophene rings is 1. The molecule has 2 heterocycles. The summed E-state index contributed by atoms with van der Waals surface area (Å²) in [5.74, 6) is -0.559. The van der Waals surface area contributed by atoms with E-state index in [2.05, 4.69) is 52.1 Å². The van der Waals surface area contributed by atoms with Crippen molar-refractivity contribution in [3.8, 4) is 0 Å². The molecule has 0 aromatic carbocycles. The fourth-order valence-corrected chi connectivity index (χ4v) is 5.30. The van der Waals surface area contributed by atoms with Gasteiger partial charge in [-0.1, -0.05) is 34.6 Å². The standard InChI is InChI=1S/C23H31NO3S/c1-8-27-21(26)18-13(2)24-14-11-23(6,7)12-15(25)19(14)20(18)16-9-10-17(28-16)22(3,4)5/h9-10,20,24H,8,11-12H2,1-7H3. The first kappa shape index (κ1) is 20.8. The van der Waals surface area contributed by atoms with E-state index in [9.17, 15) is 9.59 Å². The summed E-state index contributed by atoms with van der Waals surface area (Å²) in [6.45, 7) is 14.8. The van der Waals surface area contributed by atoms with Crippen LogP contribution in [0.15, 0.2) is 34.7 Å². The van der Waals surface area contributed by atoms with Crippen LogP contribution in [-0.2, 0) is 19.7 Å². The molecule has 1 unspecified atom stereocenters. The Labute approximate surface area is 172 Å². The molecule has 152 valence electrons. The Morgan fingerprint density at radius 3 is 2.54 bits per heavy atom. The van der Waals surface area contributed by atoms with Crippen LogP contribution in [-0.4, -0.2) is 18.4 Å². The number of hydrogen-bond acceptors (Lipinski definition) is 5. The molecule has 1 aliphatic heterocycles. The predicted octanol–water partition coefficient (Wildman–Crippen LogP) is 5.21. The van der Waals surface area contributed by atoms with Gasteiger partial charge in [0.2, 0.25) is 0 Å². The second-order valence-corrected chi connectivity index (χ2v) is 10.7. The number of carbonyl (C=O) groups excluding carboxylic acids is 2. The highest BCUT2D eigenvalue weighted by atomic mass is 32.1. The van der Waals surface area contributed by atoms with Crippen LogP contribution in [0.5, 0.6) is 0 Å².